The summed E-state index contributed by atoms with van der Waals surface area (Å²) in [5.74, 6) is 0.472. The topological polar surface area (TPSA) is 47.9 Å². The van der Waals surface area contributed by atoms with Crippen molar-refractivity contribution in [3.63, 3.8) is 0 Å². The van der Waals surface area contributed by atoms with Crippen LogP contribution < -0.4 is 4.74 Å². The molecule has 0 aromatic heterocycles. The molecule has 1 N–H and O–H groups in total. The zero-order chi connectivity index (χ0) is 13.3. The Labute approximate surface area is 113 Å². The van der Waals surface area contributed by atoms with E-state index in [1.54, 1.807) is 7.11 Å². The summed E-state index contributed by atoms with van der Waals surface area (Å²) >= 11 is 0. The Bertz CT molecular complexity index is 422. The third-order valence-electron chi connectivity index (χ3n) is 4.18. The third-order valence-corrected chi connectivity index (χ3v) is 4.18. The molecule has 2 aliphatic rings. The number of benzene rings is 1. The van der Waals surface area contributed by atoms with Crippen LogP contribution in [0.15, 0.2) is 24.3 Å². The third kappa shape index (κ3) is 2.48. The van der Waals surface area contributed by atoms with Crippen LogP contribution in [0, 0.1) is 0 Å². The van der Waals surface area contributed by atoms with E-state index in [-0.39, 0.29) is 5.92 Å². The minimum atomic E-state index is -0.525. The van der Waals surface area contributed by atoms with Crippen LogP contribution in [-0.4, -0.2) is 37.3 Å². The van der Waals surface area contributed by atoms with Gasteiger partial charge in [0.2, 0.25) is 0 Å². The zero-order valence-electron chi connectivity index (χ0n) is 11.2. The lowest BCUT2D eigenvalue weighted by Gasteiger charge is -2.39. The predicted octanol–water partition coefficient (Wildman–Crippen LogP) is 2.07. The second kappa shape index (κ2) is 5.12. The van der Waals surface area contributed by atoms with Crippen molar-refractivity contribution in [2.24, 2.45) is 0 Å². The Morgan fingerprint density at radius 1 is 1.21 bits per heavy atom. The Balaban J connectivity index is 1.72. The molecule has 2 fully saturated rings. The maximum Gasteiger partial charge on any atom is 0.171 e. The van der Waals surface area contributed by atoms with Crippen molar-refractivity contribution in [3.8, 4) is 5.75 Å². The van der Waals surface area contributed by atoms with Gasteiger partial charge in [0.05, 0.1) is 26.4 Å². The molecule has 1 saturated heterocycles. The van der Waals surface area contributed by atoms with E-state index >= 15 is 0 Å². The van der Waals surface area contributed by atoms with Gasteiger partial charge in [-0.05, 0) is 24.1 Å². The van der Waals surface area contributed by atoms with Gasteiger partial charge in [-0.15, -0.1) is 0 Å². The van der Waals surface area contributed by atoms with Gasteiger partial charge in [-0.1, -0.05) is 12.1 Å². The van der Waals surface area contributed by atoms with Gasteiger partial charge in [-0.25, -0.2) is 0 Å². The van der Waals surface area contributed by atoms with Crippen molar-refractivity contribution in [1.82, 2.24) is 0 Å². The molecule has 0 amide bonds. The molecule has 1 aliphatic carbocycles. The van der Waals surface area contributed by atoms with E-state index < -0.39 is 11.9 Å². The van der Waals surface area contributed by atoms with Crippen molar-refractivity contribution in [2.75, 3.05) is 20.3 Å². The highest BCUT2D eigenvalue weighted by atomic mass is 16.7. The van der Waals surface area contributed by atoms with Gasteiger partial charge in [0.25, 0.3) is 0 Å². The zero-order valence-corrected chi connectivity index (χ0v) is 11.2. The van der Waals surface area contributed by atoms with Crippen LogP contribution in [0.3, 0.4) is 0 Å². The maximum absolute atomic E-state index is 10.4. The van der Waals surface area contributed by atoms with Gasteiger partial charge in [-0.2, -0.15) is 0 Å². The Morgan fingerprint density at radius 2 is 1.89 bits per heavy atom. The van der Waals surface area contributed by atoms with Gasteiger partial charge >= 0.3 is 0 Å². The average Bonchev–Trinajstić information content (AvgIpc) is 2.87. The molecule has 4 nitrogen and oxygen atoms in total. The smallest absolute Gasteiger partial charge is 0.171 e. The first-order valence-corrected chi connectivity index (χ1v) is 6.82. The van der Waals surface area contributed by atoms with Crippen molar-refractivity contribution >= 4 is 0 Å². The first kappa shape index (κ1) is 12.9. The van der Waals surface area contributed by atoms with Crippen LogP contribution in [0.25, 0.3) is 0 Å². The molecular formula is C15H20O4. The highest BCUT2D eigenvalue weighted by Gasteiger charge is 2.44. The minimum absolute atomic E-state index is 0.157. The Hall–Kier alpha value is -1.10. The quantitative estimate of drug-likeness (QED) is 0.888. The summed E-state index contributed by atoms with van der Waals surface area (Å²) in [6.45, 7) is 1.28. The van der Waals surface area contributed by atoms with Gasteiger partial charge in [0.15, 0.2) is 5.79 Å². The normalized spacial score (nSPS) is 29.6. The molecule has 0 bridgehead atoms. The average molecular weight is 264 g/mol. The van der Waals surface area contributed by atoms with E-state index in [0.29, 0.717) is 19.6 Å². The van der Waals surface area contributed by atoms with Crippen LogP contribution in [-0.2, 0) is 9.47 Å². The molecule has 4 heteroatoms. The second-order valence-corrected chi connectivity index (χ2v) is 5.30. The summed E-state index contributed by atoms with van der Waals surface area (Å²) in [7, 11) is 1.66. The largest absolute Gasteiger partial charge is 0.497 e. The van der Waals surface area contributed by atoms with E-state index in [1.165, 1.54) is 0 Å². The summed E-state index contributed by atoms with van der Waals surface area (Å²) in [4.78, 5) is 0. The fraction of sp³-hybridized carbons (Fsp3) is 0.600. The van der Waals surface area contributed by atoms with Crippen LogP contribution >= 0.6 is 0 Å². The SMILES string of the molecule is COc1ccc([C@@H]2CCC3(C[C@@H]2O)OCCO3)cc1. The molecule has 2 atom stereocenters. The summed E-state index contributed by atoms with van der Waals surface area (Å²) in [6, 6.07) is 7.94. The molecule has 1 spiro atoms. The number of ether oxygens (including phenoxy) is 3. The maximum atomic E-state index is 10.4. The molecule has 1 aromatic carbocycles. The number of aliphatic hydroxyl groups excluding tert-OH is 1. The lowest BCUT2D eigenvalue weighted by Crippen LogP contribution is -2.42. The molecule has 1 heterocycles. The van der Waals surface area contributed by atoms with Gasteiger partial charge in [-0.3, -0.25) is 0 Å². The molecule has 0 unspecified atom stereocenters. The predicted molar refractivity (Wildman–Crippen MR) is 70.2 cm³/mol. The molecule has 0 radical (unpaired) electrons. The lowest BCUT2D eigenvalue weighted by molar-refractivity contribution is -0.199. The summed E-state index contributed by atoms with van der Waals surface area (Å²) in [5, 5.41) is 10.4. The Morgan fingerprint density at radius 3 is 2.47 bits per heavy atom. The number of methoxy groups -OCH3 is 1. The molecule has 104 valence electrons. The first-order valence-electron chi connectivity index (χ1n) is 6.82. The summed E-state index contributed by atoms with van der Waals surface area (Å²) in [5.41, 5.74) is 1.15. The monoisotopic (exact) mass is 264 g/mol. The van der Waals surface area contributed by atoms with E-state index in [9.17, 15) is 5.11 Å². The highest BCUT2D eigenvalue weighted by Crippen LogP contribution is 2.42. The van der Waals surface area contributed by atoms with Crippen LogP contribution in [0.5, 0.6) is 5.75 Å². The fourth-order valence-corrected chi connectivity index (χ4v) is 3.13. The van der Waals surface area contributed by atoms with Gasteiger partial charge in [0.1, 0.15) is 5.75 Å². The summed E-state index contributed by atoms with van der Waals surface area (Å²) < 4.78 is 16.5. The van der Waals surface area contributed by atoms with E-state index in [0.717, 1.165) is 24.2 Å². The van der Waals surface area contributed by atoms with E-state index in [4.69, 9.17) is 14.2 Å². The second-order valence-electron chi connectivity index (χ2n) is 5.30. The number of aliphatic hydroxyl groups is 1. The number of hydrogen-bond donors (Lipinski definition) is 1. The number of rotatable bonds is 2. The molecule has 19 heavy (non-hydrogen) atoms. The van der Waals surface area contributed by atoms with Crippen molar-refractivity contribution in [3.05, 3.63) is 29.8 Å². The Kier molecular flexibility index (Phi) is 3.48. The fourth-order valence-electron chi connectivity index (χ4n) is 3.13. The van der Waals surface area contributed by atoms with Crippen LogP contribution in [0.2, 0.25) is 0 Å². The summed E-state index contributed by atoms with van der Waals surface area (Å²) in [6.07, 6.45) is 1.87. The molecule has 1 aromatic rings. The van der Waals surface area contributed by atoms with Gasteiger partial charge < -0.3 is 19.3 Å². The molecule has 1 aliphatic heterocycles. The minimum Gasteiger partial charge on any atom is -0.497 e. The van der Waals surface area contributed by atoms with Crippen LogP contribution in [0.1, 0.15) is 30.7 Å². The van der Waals surface area contributed by atoms with Gasteiger partial charge in [0, 0.05) is 18.8 Å². The molecule has 3 rings (SSSR count). The molecule has 1 saturated carbocycles. The highest BCUT2D eigenvalue weighted by molar-refractivity contribution is 5.30. The number of hydrogen-bond acceptors (Lipinski definition) is 4. The van der Waals surface area contributed by atoms with E-state index in [2.05, 4.69) is 0 Å². The van der Waals surface area contributed by atoms with E-state index in [1.807, 2.05) is 24.3 Å². The van der Waals surface area contributed by atoms with Crippen molar-refractivity contribution in [1.29, 1.82) is 0 Å². The lowest BCUT2D eigenvalue weighted by atomic mass is 9.79. The molecular weight excluding hydrogens is 244 g/mol. The van der Waals surface area contributed by atoms with Crippen molar-refractivity contribution in [2.45, 2.75) is 37.1 Å². The van der Waals surface area contributed by atoms with Crippen molar-refractivity contribution < 1.29 is 19.3 Å². The standard InChI is InChI=1S/C15H20O4/c1-17-12-4-2-11(3-5-12)13-6-7-15(10-14(13)16)18-8-9-19-15/h2-5,13-14,16H,6-10H2,1H3/t13-,14-/m0/s1. The first-order chi connectivity index (χ1) is 9.22. The van der Waals surface area contributed by atoms with Crippen LogP contribution in [0.4, 0.5) is 0 Å².